The number of nitrogens with zero attached hydrogens (tertiary/aromatic N) is 1. The van der Waals surface area contributed by atoms with Gasteiger partial charge in [-0.15, -0.1) is 11.3 Å². The molecule has 10 heteroatoms. The summed E-state index contributed by atoms with van der Waals surface area (Å²) in [4.78, 5) is 44.6. The average molecular weight is 545 g/mol. The number of carbonyl (C=O) groups excluding carboxylic acids is 2. The summed E-state index contributed by atoms with van der Waals surface area (Å²) in [5.74, 6) is -0.602. The van der Waals surface area contributed by atoms with E-state index in [4.69, 9.17) is 32.7 Å². The molecule has 0 bridgehead atoms. The van der Waals surface area contributed by atoms with E-state index in [0.29, 0.717) is 51.0 Å². The number of ketones is 1. The molecule has 0 amide bonds. The molecule has 7 nitrogen and oxygen atoms in total. The van der Waals surface area contributed by atoms with Gasteiger partial charge in [-0.05, 0) is 54.1 Å². The molecule has 0 spiro atoms. The molecule has 1 N–H and O–H groups in total. The molecule has 0 unspecified atom stereocenters. The minimum atomic E-state index is -0.378. The fourth-order valence-corrected chi connectivity index (χ4v) is 4.79. The first-order valence-electron chi connectivity index (χ1n) is 11.2. The molecule has 0 aliphatic heterocycles. The van der Waals surface area contributed by atoms with Crippen LogP contribution in [0.2, 0.25) is 10.0 Å². The Kier molecular flexibility index (Phi) is 8.53. The summed E-state index contributed by atoms with van der Waals surface area (Å²) in [5.41, 5.74) is 2.54. The Morgan fingerprint density at radius 2 is 1.78 bits per heavy atom. The van der Waals surface area contributed by atoms with Gasteiger partial charge in [-0.2, -0.15) is 0 Å². The van der Waals surface area contributed by atoms with Gasteiger partial charge in [0.15, 0.2) is 11.6 Å². The Hall–Kier alpha value is -3.04. The number of thiophene rings is 1. The summed E-state index contributed by atoms with van der Waals surface area (Å²) in [6, 6.07) is 12.2. The van der Waals surface area contributed by atoms with Crippen LogP contribution >= 0.6 is 34.5 Å². The molecular weight excluding hydrogens is 523 g/mol. The highest BCUT2D eigenvalue weighted by Gasteiger charge is 2.16. The Labute approximate surface area is 221 Å². The number of esters is 1. The summed E-state index contributed by atoms with van der Waals surface area (Å²) in [5, 5.41) is 3.10. The Morgan fingerprint density at radius 3 is 2.50 bits per heavy atom. The van der Waals surface area contributed by atoms with Crippen molar-refractivity contribution in [3.8, 4) is 0 Å². The van der Waals surface area contributed by atoms with Crippen molar-refractivity contribution in [2.24, 2.45) is 0 Å². The van der Waals surface area contributed by atoms with Gasteiger partial charge >= 0.3 is 5.97 Å². The number of aryl methyl sites for hydroxylation is 1. The number of H-pyrrole nitrogens is 1. The lowest BCUT2D eigenvalue weighted by Gasteiger charge is -2.06. The molecule has 0 atom stereocenters. The predicted octanol–water partition coefficient (Wildman–Crippen LogP) is 6.00. The molecule has 0 aliphatic carbocycles. The molecule has 2 heterocycles. The number of ether oxygens (including phenoxy) is 2. The van der Waals surface area contributed by atoms with Crippen molar-refractivity contribution in [2.75, 3.05) is 6.61 Å². The van der Waals surface area contributed by atoms with Gasteiger partial charge in [-0.3, -0.25) is 9.59 Å². The molecule has 0 saturated heterocycles. The van der Waals surface area contributed by atoms with Gasteiger partial charge < -0.3 is 14.5 Å². The SMILES string of the molecule is CCOC(=O)c1ccc(COCc2csc3nc(C(=O)CCc4ccc(Cl)c(Cl)c4)[nH]c(=O)c23)cc1. The van der Waals surface area contributed by atoms with Crippen molar-refractivity contribution in [1.82, 2.24) is 9.97 Å². The van der Waals surface area contributed by atoms with Gasteiger partial charge in [0, 0.05) is 12.0 Å². The van der Waals surface area contributed by atoms with E-state index in [2.05, 4.69) is 9.97 Å². The van der Waals surface area contributed by atoms with Crippen molar-refractivity contribution >= 4 is 56.5 Å². The number of nitrogens with one attached hydrogen (secondary N) is 1. The number of fused-ring (bicyclic) bond motifs is 1. The second-order valence-corrected chi connectivity index (χ2v) is 9.61. The van der Waals surface area contributed by atoms with E-state index >= 15 is 0 Å². The van der Waals surface area contributed by atoms with Crippen LogP contribution in [-0.2, 0) is 29.1 Å². The van der Waals surface area contributed by atoms with Crippen LogP contribution in [0.25, 0.3) is 10.2 Å². The van der Waals surface area contributed by atoms with Gasteiger partial charge in [-0.25, -0.2) is 9.78 Å². The highest BCUT2D eigenvalue weighted by atomic mass is 35.5. The van der Waals surface area contributed by atoms with Crippen molar-refractivity contribution in [2.45, 2.75) is 33.0 Å². The zero-order chi connectivity index (χ0) is 25.7. The zero-order valence-electron chi connectivity index (χ0n) is 19.3. The van der Waals surface area contributed by atoms with E-state index in [1.165, 1.54) is 11.3 Å². The third-order valence-electron chi connectivity index (χ3n) is 5.40. The van der Waals surface area contributed by atoms with E-state index < -0.39 is 0 Å². The summed E-state index contributed by atoms with van der Waals surface area (Å²) in [6.07, 6.45) is 0.616. The largest absolute Gasteiger partial charge is 0.462 e. The summed E-state index contributed by atoms with van der Waals surface area (Å²) >= 11 is 13.2. The topological polar surface area (TPSA) is 98.3 Å². The summed E-state index contributed by atoms with van der Waals surface area (Å²) < 4.78 is 10.8. The maximum Gasteiger partial charge on any atom is 0.338 e. The maximum absolute atomic E-state index is 12.8. The number of aromatic amines is 1. The average Bonchev–Trinajstić information content (AvgIpc) is 3.28. The smallest absolute Gasteiger partial charge is 0.338 e. The molecular formula is C26H22Cl2N2O5S. The number of carbonyl (C=O) groups is 2. The quantitative estimate of drug-likeness (QED) is 0.194. The predicted molar refractivity (Wildman–Crippen MR) is 140 cm³/mol. The molecule has 4 rings (SSSR count). The van der Waals surface area contributed by atoms with Gasteiger partial charge in [0.25, 0.3) is 5.56 Å². The molecule has 36 heavy (non-hydrogen) atoms. The van der Waals surface area contributed by atoms with Crippen LogP contribution < -0.4 is 5.56 Å². The number of aromatic nitrogens is 2. The Balaban J connectivity index is 1.38. The van der Waals surface area contributed by atoms with Gasteiger partial charge in [0.1, 0.15) is 4.83 Å². The van der Waals surface area contributed by atoms with E-state index in [9.17, 15) is 14.4 Å². The first-order valence-corrected chi connectivity index (χ1v) is 12.8. The third kappa shape index (κ3) is 6.20. The van der Waals surface area contributed by atoms with Crippen LogP contribution in [0, 0.1) is 0 Å². The molecule has 0 saturated carbocycles. The number of rotatable bonds is 10. The van der Waals surface area contributed by atoms with Crippen molar-refractivity contribution in [1.29, 1.82) is 0 Å². The van der Waals surface area contributed by atoms with Crippen molar-refractivity contribution < 1.29 is 19.1 Å². The molecule has 0 radical (unpaired) electrons. The third-order valence-corrected chi connectivity index (χ3v) is 7.06. The lowest BCUT2D eigenvalue weighted by atomic mass is 10.1. The number of hydrogen-bond donors (Lipinski definition) is 1. The molecule has 186 valence electrons. The minimum absolute atomic E-state index is 0.0311. The molecule has 2 aromatic heterocycles. The van der Waals surface area contributed by atoms with E-state index in [-0.39, 0.29) is 36.2 Å². The lowest BCUT2D eigenvalue weighted by Crippen LogP contribution is -2.16. The van der Waals surface area contributed by atoms with Crippen molar-refractivity contribution in [3.05, 3.63) is 96.3 Å². The van der Waals surface area contributed by atoms with Crippen LogP contribution in [0.3, 0.4) is 0 Å². The lowest BCUT2D eigenvalue weighted by molar-refractivity contribution is 0.0526. The van der Waals surface area contributed by atoms with Crippen LogP contribution in [0.5, 0.6) is 0 Å². The zero-order valence-corrected chi connectivity index (χ0v) is 21.6. The molecule has 0 aliphatic rings. The first kappa shape index (κ1) is 26.0. The van der Waals surface area contributed by atoms with Gasteiger partial charge in [0.2, 0.25) is 0 Å². The van der Waals surface area contributed by atoms with E-state index in [0.717, 1.165) is 11.1 Å². The number of halogens is 2. The molecule has 4 aromatic rings. The normalized spacial score (nSPS) is 11.1. The Morgan fingerprint density at radius 1 is 1.03 bits per heavy atom. The van der Waals surface area contributed by atoms with E-state index in [1.807, 2.05) is 0 Å². The van der Waals surface area contributed by atoms with Crippen LogP contribution in [0.15, 0.2) is 52.6 Å². The maximum atomic E-state index is 12.8. The summed E-state index contributed by atoms with van der Waals surface area (Å²) in [6.45, 7) is 2.58. The number of Topliss-reactive ketones (excluding diaryl/α,β-unsaturated/α-hetero) is 1. The van der Waals surface area contributed by atoms with Crippen LogP contribution in [-0.4, -0.2) is 28.3 Å². The molecule has 2 aromatic carbocycles. The highest BCUT2D eigenvalue weighted by Crippen LogP contribution is 2.24. The monoisotopic (exact) mass is 544 g/mol. The second kappa shape index (κ2) is 11.8. The first-order chi connectivity index (χ1) is 17.4. The summed E-state index contributed by atoms with van der Waals surface area (Å²) in [7, 11) is 0. The highest BCUT2D eigenvalue weighted by molar-refractivity contribution is 7.16. The van der Waals surface area contributed by atoms with Gasteiger partial charge in [-0.1, -0.05) is 41.4 Å². The minimum Gasteiger partial charge on any atom is -0.462 e. The van der Waals surface area contributed by atoms with Crippen LogP contribution in [0.4, 0.5) is 0 Å². The standard InChI is InChI=1S/C26H22Cl2N2O5S/c1-2-35-26(33)17-7-3-16(4-8-17)12-34-13-18-14-36-25-22(18)24(32)29-23(30-25)21(31)10-6-15-5-9-19(27)20(28)11-15/h3-5,7-9,11,14H,2,6,10,12-13H2,1H3,(H,29,30,32). The number of benzene rings is 2. The Bertz CT molecular complexity index is 1460. The van der Waals surface area contributed by atoms with Crippen LogP contribution in [0.1, 0.15) is 51.0 Å². The fraction of sp³-hybridized carbons (Fsp3) is 0.231. The number of hydrogen-bond acceptors (Lipinski definition) is 7. The van der Waals surface area contributed by atoms with E-state index in [1.54, 1.807) is 54.8 Å². The van der Waals surface area contributed by atoms with Crippen molar-refractivity contribution in [3.63, 3.8) is 0 Å². The molecule has 0 fully saturated rings. The second-order valence-electron chi connectivity index (χ2n) is 7.94. The van der Waals surface area contributed by atoms with Gasteiger partial charge in [0.05, 0.1) is 40.8 Å². The fourth-order valence-electron chi connectivity index (χ4n) is 3.55.